The van der Waals surface area contributed by atoms with Gasteiger partial charge in [-0.1, -0.05) is 28.1 Å². The Morgan fingerprint density at radius 2 is 2.00 bits per heavy atom. The molecule has 1 aromatic rings. The van der Waals surface area contributed by atoms with Crippen molar-refractivity contribution in [2.24, 2.45) is 5.92 Å². The van der Waals surface area contributed by atoms with Gasteiger partial charge in [0.2, 0.25) is 11.8 Å². The molecule has 0 bridgehead atoms. The highest BCUT2D eigenvalue weighted by Gasteiger charge is 2.45. The first-order valence-corrected chi connectivity index (χ1v) is 7.40. The van der Waals surface area contributed by atoms with Gasteiger partial charge in [-0.25, -0.2) is 0 Å². The fourth-order valence-electron chi connectivity index (χ4n) is 2.28. The highest BCUT2D eigenvalue weighted by Crippen LogP contribution is 2.48. The Hall–Kier alpha value is -1.36. The van der Waals surface area contributed by atoms with Crippen LogP contribution >= 0.6 is 15.9 Å². The number of hydrogen-bond acceptors (Lipinski definition) is 2. The molecule has 2 rings (SSSR count). The van der Waals surface area contributed by atoms with E-state index in [0.717, 1.165) is 10.9 Å². The van der Waals surface area contributed by atoms with Crippen LogP contribution < -0.4 is 0 Å². The van der Waals surface area contributed by atoms with Crippen molar-refractivity contribution in [1.82, 2.24) is 9.80 Å². The summed E-state index contributed by atoms with van der Waals surface area (Å²) < 4.78 is 1.03. The van der Waals surface area contributed by atoms with Crippen molar-refractivity contribution in [3.63, 3.8) is 0 Å². The van der Waals surface area contributed by atoms with E-state index in [1.807, 2.05) is 18.2 Å². The highest BCUT2D eigenvalue weighted by atomic mass is 79.9. The monoisotopic (exact) mass is 338 g/mol. The van der Waals surface area contributed by atoms with Crippen LogP contribution in [0.2, 0.25) is 0 Å². The molecule has 1 aliphatic carbocycles. The molecule has 0 heterocycles. The Morgan fingerprint density at radius 1 is 1.30 bits per heavy atom. The summed E-state index contributed by atoms with van der Waals surface area (Å²) in [6.45, 7) is 0.146. The average molecular weight is 339 g/mol. The third kappa shape index (κ3) is 3.39. The SMILES string of the molecule is CN(C)C(=O)CN(C)C(=O)[C@H]1C[C@@H]1c1cccc(Br)c1. The molecular formula is C15H19BrN2O2. The van der Waals surface area contributed by atoms with E-state index in [1.165, 1.54) is 15.4 Å². The highest BCUT2D eigenvalue weighted by molar-refractivity contribution is 9.10. The predicted octanol–water partition coefficient (Wildman–Crippen LogP) is 2.10. The zero-order valence-electron chi connectivity index (χ0n) is 12.0. The molecule has 0 aromatic heterocycles. The number of halogens is 1. The number of carbonyl (C=O) groups is 2. The van der Waals surface area contributed by atoms with E-state index in [4.69, 9.17) is 0 Å². The maximum Gasteiger partial charge on any atom is 0.241 e. The van der Waals surface area contributed by atoms with Gasteiger partial charge >= 0.3 is 0 Å². The summed E-state index contributed by atoms with van der Waals surface area (Å²) in [7, 11) is 5.09. The molecule has 0 N–H and O–H groups in total. The van der Waals surface area contributed by atoms with E-state index in [2.05, 4.69) is 22.0 Å². The number of likely N-dealkylation sites (N-methyl/N-ethyl adjacent to an activating group) is 2. The lowest BCUT2D eigenvalue weighted by molar-refractivity contribution is -0.138. The van der Waals surface area contributed by atoms with Crippen molar-refractivity contribution in [3.8, 4) is 0 Å². The van der Waals surface area contributed by atoms with Crippen molar-refractivity contribution in [2.75, 3.05) is 27.7 Å². The number of benzene rings is 1. The lowest BCUT2D eigenvalue weighted by atomic mass is 10.1. The summed E-state index contributed by atoms with van der Waals surface area (Å²) in [6.07, 6.45) is 0.871. The third-order valence-electron chi connectivity index (χ3n) is 3.63. The first kappa shape index (κ1) is 15.0. The maximum absolute atomic E-state index is 12.3. The standard InChI is InChI=1S/C15H19BrN2O2/c1-17(2)14(19)9-18(3)15(20)13-8-12(13)10-5-4-6-11(16)7-10/h4-7,12-13H,8-9H2,1-3H3/t12-,13+/m1/s1. The van der Waals surface area contributed by atoms with Crippen LogP contribution in [0.25, 0.3) is 0 Å². The minimum absolute atomic E-state index is 0.0178. The van der Waals surface area contributed by atoms with Crippen molar-refractivity contribution < 1.29 is 9.59 Å². The molecule has 1 aliphatic rings. The molecule has 1 fully saturated rings. The number of nitrogens with zero attached hydrogens (tertiary/aromatic N) is 2. The van der Waals surface area contributed by atoms with E-state index in [9.17, 15) is 9.59 Å². The first-order valence-electron chi connectivity index (χ1n) is 6.60. The van der Waals surface area contributed by atoms with Gasteiger partial charge in [-0.15, -0.1) is 0 Å². The molecule has 108 valence electrons. The first-order chi connectivity index (χ1) is 9.40. The Balaban J connectivity index is 1.94. The summed E-state index contributed by atoms with van der Waals surface area (Å²) in [5.74, 6) is 0.312. The molecule has 0 saturated heterocycles. The number of rotatable bonds is 4. The fourth-order valence-corrected chi connectivity index (χ4v) is 2.70. The lowest BCUT2D eigenvalue weighted by Crippen LogP contribution is -2.38. The zero-order valence-corrected chi connectivity index (χ0v) is 13.6. The second-order valence-corrected chi connectivity index (χ2v) is 6.40. The molecular weight excluding hydrogens is 320 g/mol. The molecule has 1 saturated carbocycles. The van der Waals surface area contributed by atoms with Gasteiger partial charge in [0.15, 0.2) is 0 Å². The minimum atomic E-state index is -0.0551. The largest absolute Gasteiger partial charge is 0.347 e. The van der Waals surface area contributed by atoms with Crippen LogP contribution in [0.5, 0.6) is 0 Å². The van der Waals surface area contributed by atoms with Gasteiger partial charge in [-0.3, -0.25) is 9.59 Å². The summed E-state index contributed by atoms with van der Waals surface area (Å²) in [6, 6.07) is 8.07. The van der Waals surface area contributed by atoms with Gasteiger partial charge in [0.05, 0.1) is 6.54 Å². The summed E-state index contributed by atoms with van der Waals surface area (Å²) in [5, 5.41) is 0. The van der Waals surface area contributed by atoms with E-state index in [1.54, 1.807) is 21.1 Å². The topological polar surface area (TPSA) is 40.6 Å². The van der Waals surface area contributed by atoms with Gasteiger partial charge in [0.1, 0.15) is 0 Å². The molecule has 5 heteroatoms. The Morgan fingerprint density at radius 3 is 2.60 bits per heavy atom. The summed E-state index contributed by atoms with van der Waals surface area (Å²) in [5.41, 5.74) is 1.19. The van der Waals surface area contributed by atoms with Gasteiger partial charge in [0.25, 0.3) is 0 Å². The quantitative estimate of drug-likeness (QED) is 0.843. The normalized spacial score (nSPS) is 20.4. The minimum Gasteiger partial charge on any atom is -0.347 e. The fraction of sp³-hybridized carbons (Fsp3) is 0.467. The van der Waals surface area contributed by atoms with Crippen LogP contribution in [-0.4, -0.2) is 49.3 Å². The van der Waals surface area contributed by atoms with Crippen LogP contribution in [0.4, 0.5) is 0 Å². The third-order valence-corrected chi connectivity index (χ3v) is 4.13. The number of amides is 2. The van der Waals surface area contributed by atoms with Gasteiger partial charge < -0.3 is 9.80 Å². The molecule has 1 aromatic carbocycles. The lowest BCUT2D eigenvalue weighted by Gasteiger charge is -2.19. The predicted molar refractivity (Wildman–Crippen MR) is 81.3 cm³/mol. The molecule has 2 atom stereocenters. The maximum atomic E-state index is 12.3. The van der Waals surface area contributed by atoms with Crippen LogP contribution in [0.1, 0.15) is 17.9 Å². The van der Waals surface area contributed by atoms with E-state index in [0.29, 0.717) is 0 Å². The molecule has 0 radical (unpaired) electrons. The molecule has 0 aliphatic heterocycles. The van der Waals surface area contributed by atoms with Crippen LogP contribution in [0, 0.1) is 5.92 Å². The summed E-state index contributed by atoms with van der Waals surface area (Å²) >= 11 is 3.45. The summed E-state index contributed by atoms with van der Waals surface area (Å²) in [4.78, 5) is 26.9. The zero-order chi connectivity index (χ0) is 14.9. The van der Waals surface area contributed by atoms with E-state index >= 15 is 0 Å². The smallest absolute Gasteiger partial charge is 0.241 e. The molecule has 2 amide bonds. The van der Waals surface area contributed by atoms with E-state index in [-0.39, 0.29) is 30.2 Å². The van der Waals surface area contributed by atoms with Gasteiger partial charge in [0, 0.05) is 31.5 Å². The number of carbonyl (C=O) groups excluding carboxylic acids is 2. The Labute approximate surface area is 127 Å². The van der Waals surface area contributed by atoms with Crippen molar-refractivity contribution >= 4 is 27.7 Å². The Kier molecular flexibility index (Phi) is 4.48. The molecule has 0 spiro atoms. The molecule has 4 nitrogen and oxygen atoms in total. The second-order valence-electron chi connectivity index (χ2n) is 5.49. The van der Waals surface area contributed by atoms with Gasteiger partial charge in [-0.05, 0) is 30.0 Å². The molecule has 0 unspecified atom stereocenters. The van der Waals surface area contributed by atoms with Crippen molar-refractivity contribution in [2.45, 2.75) is 12.3 Å². The second kappa shape index (κ2) is 5.95. The Bertz CT molecular complexity index is 530. The van der Waals surface area contributed by atoms with Crippen LogP contribution in [0.15, 0.2) is 28.7 Å². The van der Waals surface area contributed by atoms with Crippen LogP contribution in [-0.2, 0) is 9.59 Å². The van der Waals surface area contributed by atoms with Crippen molar-refractivity contribution in [1.29, 1.82) is 0 Å². The molecule has 20 heavy (non-hydrogen) atoms. The number of hydrogen-bond donors (Lipinski definition) is 0. The van der Waals surface area contributed by atoms with Crippen LogP contribution in [0.3, 0.4) is 0 Å². The van der Waals surface area contributed by atoms with E-state index < -0.39 is 0 Å². The van der Waals surface area contributed by atoms with Gasteiger partial charge in [-0.2, -0.15) is 0 Å². The average Bonchev–Trinajstić information content (AvgIpc) is 3.17. The van der Waals surface area contributed by atoms with Crippen molar-refractivity contribution in [3.05, 3.63) is 34.3 Å².